The Balaban J connectivity index is 2.14. The zero-order chi connectivity index (χ0) is 20.4. The van der Waals surface area contributed by atoms with Crippen molar-refractivity contribution in [1.82, 2.24) is 16.0 Å². The van der Waals surface area contributed by atoms with E-state index in [-0.39, 0.29) is 18.2 Å². The summed E-state index contributed by atoms with van der Waals surface area (Å²) in [5.41, 5.74) is 4.05. The molecule has 5 N–H and O–H groups in total. The first kappa shape index (κ1) is 20.4. The van der Waals surface area contributed by atoms with Gasteiger partial charge in [0.15, 0.2) is 11.2 Å². The lowest BCUT2D eigenvalue weighted by molar-refractivity contribution is -0.148. The molecule has 0 bridgehead atoms. The molecule has 0 saturated carbocycles. The van der Waals surface area contributed by atoms with E-state index in [4.69, 9.17) is 10.5 Å². The zero-order valence-corrected chi connectivity index (χ0v) is 16.3. The fourth-order valence-electron chi connectivity index (χ4n) is 4.36. The number of carbonyl (C=O) groups is 3. The van der Waals surface area contributed by atoms with E-state index in [1.54, 1.807) is 26.1 Å². The molecule has 0 aliphatic carbocycles. The monoisotopic (exact) mass is 388 g/mol. The van der Waals surface area contributed by atoms with E-state index in [1.165, 1.54) is 0 Å². The topological polar surface area (TPSA) is 123 Å². The fraction of sp³-hybridized carbons (Fsp3) is 0.550. The quantitative estimate of drug-likeness (QED) is 0.382. The highest BCUT2D eigenvalue weighted by Crippen LogP contribution is 2.38. The highest BCUT2D eigenvalue weighted by Gasteiger charge is 2.60. The molecule has 0 aromatic heterocycles. The van der Waals surface area contributed by atoms with Crippen LogP contribution < -0.4 is 21.7 Å². The number of Topliss-reactive ketones (excluding diaryl/α,β-unsaturated/α-hetero) is 1. The van der Waals surface area contributed by atoms with E-state index in [0.717, 1.165) is 5.56 Å². The molecule has 2 aliphatic rings. The zero-order valence-electron chi connectivity index (χ0n) is 16.3. The molecule has 2 heterocycles. The second kappa shape index (κ2) is 7.98. The number of likely N-dealkylation sites (N-methyl/N-ethyl adjacent to an activating group) is 1. The summed E-state index contributed by atoms with van der Waals surface area (Å²) in [7, 11) is 1.62. The maximum absolute atomic E-state index is 14.1. The van der Waals surface area contributed by atoms with Gasteiger partial charge in [-0.05, 0) is 31.0 Å². The standard InChI is InChI=1S/C20H28N4O4/c1-3-16(25)24-20(22-2,14-8-10-28-11-9-14)17(26)19(18(21)27)15-7-5-4-6-13(15)12-23-19/h4-7,14,22-23H,3,8-12H2,1-2H3,(H2,21,27)(H,24,25). The van der Waals surface area contributed by atoms with Gasteiger partial charge in [0.05, 0.1) is 0 Å². The summed E-state index contributed by atoms with van der Waals surface area (Å²) in [6, 6.07) is 7.23. The van der Waals surface area contributed by atoms with Crippen molar-refractivity contribution in [3.63, 3.8) is 0 Å². The summed E-state index contributed by atoms with van der Waals surface area (Å²) in [6.45, 7) is 3.03. The Morgan fingerprint density at radius 3 is 2.57 bits per heavy atom. The molecule has 152 valence electrons. The smallest absolute Gasteiger partial charge is 0.250 e. The van der Waals surface area contributed by atoms with Gasteiger partial charge in [0.2, 0.25) is 17.6 Å². The van der Waals surface area contributed by atoms with E-state index < -0.39 is 22.9 Å². The number of amides is 2. The summed E-state index contributed by atoms with van der Waals surface area (Å²) < 4.78 is 5.45. The van der Waals surface area contributed by atoms with Crippen LogP contribution in [0.3, 0.4) is 0 Å². The lowest BCUT2D eigenvalue weighted by Crippen LogP contribution is -2.75. The van der Waals surface area contributed by atoms with Crippen LogP contribution in [0.5, 0.6) is 0 Å². The Morgan fingerprint density at radius 1 is 1.29 bits per heavy atom. The van der Waals surface area contributed by atoms with Crippen LogP contribution in [0, 0.1) is 5.92 Å². The van der Waals surface area contributed by atoms with Gasteiger partial charge in [0.1, 0.15) is 0 Å². The number of ether oxygens (including phenoxy) is 1. The minimum Gasteiger partial charge on any atom is -0.381 e. The van der Waals surface area contributed by atoms with E-state index in [9.17, 15) is 14.4 Å². The number of ketones is 1. The van der Waals surface area contributed by atoms with Gasteiger partial charge < -0.3 is 15.8 Å². The van der Waals surface area contributed by atoms with Gasteiger partial charge >= 0.3 is 0 Å². The second-order valence-corrected chi connectivity index (χ2v) is 7.30. The maximum Gasteiger partial charge on any atom is 0.250 e. The highest BCUT2D eigenvalue weighted by molar-refractivity contribution is 6.16. The van der Waals surface area contributed by atoms with Crippen molar-refractivity contribution in [2.75, 3.05) is 20.3 Å². The minimum absolute atomic E-state index is 0.216. The molecule has 2 unspecified atom stereocenters. The molecule has 2 amide bonds. The predicted octanol–water partition coefficient (Wildman–Crippen LogP) is -0.0920. The molecule has 1 saturated heterocycles. The van der Waals surface area contributed by atoms with Crippen LogP contribution in [-0.4, -0.2) is 43.5 Å². The van der Waals surface area contributed by atoms with Crippen LogP contribution >= 0.6 is 0 Å². The highest BCUT2D eigenvalue weighted by atomic mass is 16.5. The molecule has 8 heteroatoms. The molecule has 28 heavy (non-hydrogen) atoms. The minimum atomic E-state index is -1.71. The van der Waals surface area contributed by atoms with Crippen LogP contribution in [0.25, 0.3) is 0 Å². The van der Waals surface area contributed by atoms with E-state index >= 15 is 0 Å². The number of nitrogens with two attached hydrogens (primary N) is 1. The van der Waals surface area contributed by atoms with Crippen LogP contribution in [0.4, 0.5) is 0 Å². The van der Waals surface area contributed by atoms with Crippen molar-refractivity contribution in [3.05, 3.63) is 35.4 Å². The summed E-state index contributed by atoms with van der Waals surface area (Å²) in [5.74, 6) is -1.77. The van der Waals surface area contributed by atoms with Crippen LogP contribution in [0.1, 0.15) is 37.3 Å². The van der Waals surface area contributed by atoms with Crippen molar-refractivity contribution < 1.29 is 19.1 Å². The Morgan fingerprint density at radius 2 is 1.96 bits per heavy atom. The molecule has 8 nitrogen and oxygen atoms in total. The molecule has 1 aromatic rings. The lowest BCUT2D eigenvalue weighted by Gasteiger charge is -2.45. The Kier molecular flexibility index (Phi) is 5.83. The average molecular weight is 388 g/mol. The average Bonchev–Trinajstić information content (AvgIpc) is 3.13. The SMILES string of the molecule is CCC(=O)NC(NC)(C(=O)C1(C(N)=O)NCc2ccccc21)C1CCOCC1. The number of hydrogen-bond acceptors (Lipinski definition) is 6. The molecule has 3 rings (SSSR count). The largest absolute Gasteiger partial charge is 0.381 e. The van der Waals surface area contributed by atoms with E-state index in [2.05, 4.69) is 16.0 Å². The predicted molar refractivity (Wildman–Crippen MR) is 103 cm³/mol. The van der Waals surface area contributed by atoms with E-state index in [1.807, 2.05) is 12.1 Å². The molecule has 0 spiro atoms. The first-order valence-electron chi connectivity index (χ1n) is 9.68. The summed E-state index contributed by atoms with van der Waals surface area (Å²) >= 11 is 0. The normalized spacial score (nSPS) is 24.2. The Hall–Kier alpha value is -2.29. The van der Waals surface area contributed by atoms with Crippen molar-refractivity contribution in [1.29, 1.82) is 0 Å². The molecule has 1 aromatic carbocycles. The fourth-order valence-corrected chi connectivity index (χ4v) is 4.36. The van der Waals surface area contributed by atoms with Gasteiger partial charge in [-0.3, -0.25) is 25.0 Å². The number of primary amides is 1. The number of rotatable bonds is 7. The maximum atomic E-state index is 14.1. The third kappa shape index (κ3) is 3.11. The Labute approximate surface area is 164 Å². The first-order chi connectivity index (χ1) is 13.4. The summed E-state index contributed by atoms with van der Waals surface area (Å²) in [5, 5.41) is 8.99. The lowest BCUT2D eigenvalue weighted by atomic mass is 9.72. The third-order valence-corrected chi connectivity index (χ3v) is 5.92. The molecular formula is C20H28N4O4. The van der Waals surface area contributed by atoms with Crippen LogP contribution in [0.15, 0.2) is 24.3 Å². The number of carbonyl (C=O) groups excluding carboxylic acids is 3. The van der Waals surface area contributed by atoms with Gasteiger partial charge in [-0.25, -0.2) is 0 Å². The van der Waals surface area contributed by atoms with Crippen molar-refractivity contribution in [2.24, 2.45) is 11.7 Å². The Bertz CT molecular complexity index is 777. The number of benzene rings is 1. The van der Waals surface area contributed by atoms with Gasteiger partial charge in [-0.1, -0.05) is 31.2 Å². The molecule has 2 aliphatic heterocycles. The van der Waals surface area contributed by atoms with Gasteiger partial charge in [-0.15, -0.1) is 0 Å². The summed E-state index contributed by atoms with van der Waals surface area (Å²) in [6.07, 6.45) is 1.37. The van der Waals surface area contributed by atoms with Crippen molar-refractivity contribution in [3.8, 4) is 0 Å². The molecule has 0 radical (unpaired) electrons. The van der Waals surface area contributed by atoms with Gasteiger partial charge in [-0.2, -0.15) is 0 Å². The first-order valence-corrected chi connectivity index (χ1v) is 9.68. The number of nitrogens with one attached hydrogen (secondary N) is 3. The van der Waals surface area contributed by atoms with Crippen molar-refractivity contribution in [2.45, 2.75) is 43.9 Å². The van der Waals surface area contributed by atoms with E-state index in [0.29, 0.717) is 38.2 Å². The van der Waals surface area contributed by atoms with Crippen molar-refractivity contribution >= 4 is 17.6 Å². The molecule has 2 atom stereocenters. The van der Waals surface area contributed by atoms with Gasteiger partial charge in [0, 0.05) is 32.1 Å². The van der Waals surface area contributed by atoms with Gasteiger partial charge in [0.25, 0.3) is 0 Å². The number of fused-ring (bicyclic) bond motifs is 1. The second-order valence-electron chi connectivity index (χ2n) is 7.30. The van der Waals surface area contributed by atoms with Crippen LogP contribution in [0.2, 0.25) is 0 Å². The molecule has 1 fully saturated rings. The third-order valence-electron chi connectivity index (χ3n) is 5.92. The molecular weight excluding hydrogens is 360 g/mol. The van der Waals surface area contributed by atoms with Crippen LogP contribution in [-0.2, 0) is 31.2 Å². The summed E-state index contributed by atoms with van der Waals surface area (Å²) in [4.78, 5) is 39.2. The number of hydrogen-bond donors (Lipinski definition) is 4.